The van der Waals surface area contributed by atoms with Gasteiger partial charge in [-0.1, -0.05) is 0 Å². The molecule has 8 heteroatoms. The Morgan fingerprint density at radius 2 is 2.00 bits per heavy atom. The molecule has 2 aliphatic rings. The van der Waals surface area contributed by atoms with Gasteiger partial charge in [-0.2, -0.15) is 0 Å². The lowest BCUT2D eigenvalue weighted by Gasteiger charge is -2.39. The number of aromatic nitrogens is 2. The highest BCUT2D eigenvalue weighted by atomic mass is 16.5. The molecule has 0 aromatic carbocycles. The fourth-order valence-electron chi connectivity index (χ4n) is 3.31. The lowest BCUT2D eigenvalue weighted by atomic mass is 9.89. The van der Waals surface area contributed by atoms with Crippen molar-refractivity contribution in [1.29, 1.82) is 0 Å². The highest BCUT2D eigenvalue weighted by molar-refractivity contribution is 5.76. The molecule has 2 N–H and O–H groups in total. The number of ether oxygens (including phenoxy) is 1. The Bertz CT molecular complexity index is 579. The van der Waals surface area contributed by atoms with Crippen LogP contribution >= 0.6 is 0 Å². The molecule has 1 aromatic rings. The number of hydrogen-bond acceptors (Lipinski definition) is 7. The van der Waals surface area contributed by atoms with Gasteiger partial charge in [-0.05, 0) is 12.8 Å². The van der Waals surface area contributed by atoms with Crippen LogP contribution in [0.15, 0.2) is 12.4 Å². The maximum atomic E-state index is 11.7. The molecule has 2 aliphatic heterocycles. The quantitative estimate of drug-likeness (QED) is 0.786. The summed E-state index contributed by atoms with van der Waals surface area (Å²) in [5.41, 5.74) is -1.01. The van der Waals surface area contributed by atoms with Crippen molar-refractivity contribution in [2.45, 2.75) is 24.9 Å². The summed E-state index contributed by atoms with van der Waals surface area (Å²) in [6, 6.07) is 1.96. The zero-order chi connectivity index (χ0) is 17.0. The van der Waals surface area contributed by atoms with E-state index < -0.39 is 5.60 Å². The van der Waals surface area contributed by atoms with Crippen molar-refractivity contribution in [3.63, 3.8) is 0 Å². The third-order valence-corrected chi connectivity index (χ3v) is 4.62. The molecule has 0 aliphatic carbocycles. The summed E-state index contributed by atoms with van der Waals surface area (Å²) in [5, 5.41) is 13.3. The van der Waals surface area contributed by atoms with Gasteiger partial charge in [-0.15, -0.1) is 0 Å². The molecule has 8 nitrogen and oxygen atoms in total. The second kappa shape index (κ2) is 7.31. The van der Waals surface area contributed by atoms with E-state index in [2.05, 4.69) is 20.2 Å². The number of piperidine rings is 1. The van der Waals surface area contributed by atoms with Gasteiger partial charge in [0.25, 0.3) is 0 Å². The number of carbonyl (C=O) groups is 1. The molecule has 3 heterocycles. The average molecular weight is 335 g/mol. The van der Waals surface area contributed by atoms with E-state index in [0.29, 0.717) is 26.2 Å². The number of morpholine rings is 1. The van der Waals surface area contributed by atoms with Gasteiger partial charge in [0.15, 0.2) is 0 Å². The van der Waals surface area contributed by atoms with E-state index >= 15 is 0 Å². The highest BCUT2D eigenvalue weighted by Crippen LogP contribution is 2.28. The number of anilines is 2. The minimum absolute atomic E-state index is 0.113. The second-order valence-electron chi connectivity index (χ2n) is 6.43. The SMILES string of the molecule is CNC(=O)CC1(O)CCCN(c2cc(N3CCOCC3)ncn2)C1. The van der Waals surface area contributed by atoms with Gasteiger partial charge in [0.2, 0.25) is 5.91 Å². The number of carbonyl (C=O) groups excluding carboxylic acids is 1. The van der Waals surface area contributed by atoms with E-state index in [0.717, 1.165) is 37.7 Å². The largest absolute Gasteiger partial charge is 0.388 e. The van der Waals surface area contributed by atoms with Crippen LogP contribution in [0, 0.1) is 0 Å². The smallest absolute Gasteiger partial charge is 0.222 e. The molecule has 0 bridgehead atoms. The van der Waals surface area contributed by atoms with Gasteiger partial charge in [-0.3, -0.25) is 4.79 Å². The fraction of sp³-hybridized carbons (Fsp3) is 0.688. The lowest BCUT2D eigenvalue weighted by molar-refractivity contribution is -0.125. The van der Waals surface area contributed by atoms with Crippen LogP contribution in [0.1, 0.15) is 19.3 Å². The van der Waals surface area contributed by atoms with Gasteiger partial charge in [0.1, 0.15) is 18.0 Å². The van der Waals surface area contributed by atoms with Crippen LogP contribution in [0.5, 0.6) is 0 Å². The predicted octanol–water partition coefficient (Wildman–Crippen LogP) is -0.219. The maximum Gasteiger partial charge on any atom is 0.222 e. The van der Waals surface area contributed by atoms with Gasteiger partial charge >= 0.3 is 0 Å². The van der Waals surface area contributed by atoms with Crippen LogP contribution in [0.4, 0.5) is 11.6 Å². The van der Waals surface area contributed by atoms with Crippen molar-refractivity contribution in [2.24, 2.45) is 0 Å². The number of β-amino-alcohol motifs (C(OH)–C–C–N with tert-alkyl or cyclic N) is 1. The molecule has 0 spiro atoms. The fourth-order valence-corrected chi connectivity index (χ4v) is 3.31. The standard InChI is InChI=1S/C16H25N5O3/c1-17-15(22)10-16(23)3-2-4-21(11-16)14-9-13(18-12-19-14)20-5-7-24-8-6-20/h9,12,23H,2-8,10-11H2,1H3,(H,17,22). The molecule has 0 radical (unpaired) electrons. The summed E-state index contributed by atoms with van der Waals surface area (Å²) in [4.78, 5) is 24.6. The van der Waals surface area contributed by atoms with Crippen molar-refractivity contribution < 1.29 is 14.6 Å². The third-order valence-electron chi connectivity index (χ3n) is 4.62. The first kappa shape index (κ1) is 16.9. The summed E-state index contributed by atoms with van der Waals surface area (Å²) in [6.45, 7) is 4.26. The Balaban J connectivity index is 1.72. The second-order valence-corrected chi connectivity index (χ2v) is 6.43. The maximum absolute atomic E-state index is 11.7. The van der Waals surface area contributed by atoms with Crippen molar-refractivity contribution >= 4 is 17.5 Å². The molecule has 2 fully saturated rings. The van der Waals surface area contributed by atoms with Crippen LogP contribution in [-0.4, -0.2) is 73.0 Å². The Morgan fingerprint density at radius 3 is 2.71 bits per heavy atom. The first-order chi connectivity index (χ1) is 11.6. The lowest BCUT2D eigenvalue weighted by Crippen LogP contribution is -2.50. The van der Waals surface area contributed by atoms with E-state index in [4.69, 9.17) is 4.74 Å². The first-order valence-corrected chi connectivity index (χ1v) is 8.42. The summed E-state index contributed by atoms with van der Waals surface area (Å²) < 4.78 is 5.38. The van der Waals surface area contributed by atoms with Crippen LogP contribution < -0.4 is 15.1 Å². The van der Waals surface area contributed by atoms with Gasteiger partial charge in [0, 0.05) is 39.3 Å². The van der Waals surface area contributed by atoms with E-state index in [1.54, 1.807) is 13.4 Å². The molecule has 0 saturated carbocycles. The average Bonchev–Trinajstić information content (AvgIpc) is 2.62. The number of hydrogen-bond donors (Lipinski definition) is 2. The van der Waals surface area contributed by atoms with Crippen molar-refractivity contribution in [3.05, 3.63) is 12.4 Å². The molecule has 1 atom stereocenters. The zero-order valence-electron chi connectivity index (χ0n) is 14.1. The summed E-state index contributed by atoms with van der Waals surface area (Å²) in [7, 11) is 1.59. The van der Waals surface area contributed by atoms with E-state index in [1.165, 1.54) is 0 Å². The van der Waals surface area contributed by atoms with Gasteiger partial charge < -0.3 is 25.0 Å². The molecule has 1 aromatic heterocycles. The summed E-state index contributed by atoms with van der Waals surface area (Å²) in [6.07, 6.45) is 3.12. The van der Waals surface area contributed by atoms with Crippen molar-refractivity contribution in [1.82, 2.24) is 15.3 Å². The molecule has 1 unspecified atom stereocenters. The minimum Gasteiger partial charge on any atom is -0.388 e. The number of nitrogens with zero attached hydrogens (tertiary/aromatic N) is 4. The molecular formula is C16H25N5O3. The topological polar surface area (TPSA) is 90.8 Å². The first-order valence-electron chi connectivity index (χ1n) is 8.42. The van der Waals surface area contributed by atoms with E-state index in [-0.39, 0.29) is 12.3 Å². The molecule has 3 rings (SSSR count). The molecular weight excluding hydrogens is 310 g/mol. The normalized spacial score (nSPS) is 24.8. The van der Waals surface area contributed by atoms with Crippen LogP contribution in [0.2, 0.25) is 0 Å². The van der Waals surface area contributed by atoms with Crippen LogP contribution in [0.25, 0.3) is 0 Å². The molecule has 2 saturated heterocycles. The predicted molar refractivity (Wildman–Crippen MR) is 90.1 cm³/mol. The Morgan fingerprint density at radius 1 is 1.29 bits per heavy atom. The number of nitrogens with one attached hydrogen (secondary N) is 1. The van der Waals surface area contributed by atoms with Crippen molar-refractivity contribution in [3.8, 4) is 0 Å². The number of rotatable bonds is 4. The minimum atomic E-state index is -1.01. The van der Waals surface area contributed by atoms with Crippen LogP contribution in [-0.2, 0) is 9.53 Å². The third kappa shape index (κ3) is 3.93. The van der Waals surface area contributed by atoms with E-state index in [1.807, 2.05) is 11.0 Å². The molecule has 1 amide bonds. The van der Waals surface area contributed by atoms with Gasteiger partial charge in [0.05, 0.1) is 25.2 Å². The Hall–Kier alpha value is -1.93. The Labute approximate surface area is 141 Å². The highest BCUT2D eigenvalue weighted by Gasteiger charge is 2.35. The van der Waals surface area contributed by atoms with Gasteiger partial charge in [-0.25, -0.2) is 9.97 Å². The summed E-state index contributed by atoms with van der Waals surface area (Å²) in [5.74, 6) is 1.53. The Kier molecular flexibility index (Phi) is 5.15. The summed E-state index contributed by atoms with van der Waals surface area (Å²) >= 11 is 0. The zero-order valence-corrected chi connectivity index (χ0v) is 14.1. The van der Waals surface area contributed by atoms with Crippen molar-refractivity contribution in [2.75, 3.05) is 56.2 Å². The number of aliphatic hydroxyl groups is 1. The van der Waals surface area contributed by atoms with E-state index in [9.17, 15) is 9.90 Å². The van der Waals surface area contributed by atoms with Crippen LogP contribution in [0.3, 0.4) is 0 Å². The molecule has 24 heavy (non-hydrogen) atoms. The number of amides is 1. The monoisotopic (exact) mass is 335 g/mol. The molecule has 132 valence electrons.